The summed E-state index contributed by atoms with van der Waals surface area (Å²) in [6, 6.07) is 4.08. The number of anilines is 2. The third-order valence-electron chi connectivity index (χ3n) is 4.51. The molecule has 6 heteroatoms. The van der Waals surface area contributed by atoms with E-state index in [1.165, 1.54) is 0 Å². The Morgan fingerprint density at radius 2 is 2.19 bits per heavy atom. The van der Waals surface area contributed by atoms with Gasteiger partial charge < -0.3 is 15.3 Å². The summed E-state index contributed by atoms with van der Waals surface area (Å²) < 4.78 is 0. The number of carbonyl (C=O) groups excluding carboxylic acids is 1. The lowest BCUT2D eigenvalue weighted by atomic mass is 10.1. The molecule has 5 nitrogen and oxygen atoms in total. The fraction of sp³-hybridized carbons (Fsp3) is 0.533. The zero-order chi connectivity index (χ0) is 15.1. The average Bonchev–Trinajstić information content (AvgIpc) is 2.74. The SMILES string of the molecule is CCC1CN(c2cc3c(cc2Cl)C(O)C(=O)N3)CCN1C. The number of likely N-dealkylation sites (N-methyl/N-ethyl adjacent to an activating group) is 1. The van der Waals surface area contributed by atoms with Crippen molar-refractivity contribution in [1.29, 1.82) is 0 Å². The summed E-state index contributed by atoms with van der Waals surface area (Å²) in [5.41, 5.74) is 2.16. The Labute approximate surface area is 129 Å². The van der Waals surface area contributed by atoms with E-state index in [0.717, 1.165) is 31.7 Å². The van der Waals surface area contributed by atoms with Gasteiger partial charge in [-0.05, 0) is 25.6 Å². The third-order valence-corrected chi connectivity index (χ3v) is 4.81. The summed E-state index contributed by atoms with van der Waals surface area (Å²) in [4.78, 5) is 16.2. The lowest BCUT2D eigenvalue weighted by molar-refractivity contribution is -0.123. The second kappa shape index (κ2) is 5.48. The summed E-state index contributed by atoms with van der Waals surface area (Å²) in [5, 5.41) is 13.1. The van der Waals surface area contributed by atoms with Crippen molar-refractivity contribution in [3.8, 4) is 0 Å². The van der Waals surface area contributed by atoms with Crippen molar-refractivity contribution in [2.24, 2.45) is 0 Å². The molecule has 2 heterocycles. The molecule has 0 spiro atoms. The van der Waals surface area contributed by atoms with Crippen LogP contribution in [0.1, 0.15) is 25.0 Å². The van der Waals surface area contributed by atoms with Crippen LogP contribution in [0.3, 0.4) is 0 Å². The molecule has 21 heavy (non-hydrogen) atoms. The average molecular weight is 310 g/mol. The van der Waals surface area contributed by atoms with Gasteiger partial charge in [0, 0.05) is 36.9 Å². The maximum absolute atomic E-state index is 11.5. The molecule has 2 atom stereocenters. The van der Waals surface area contributed by atoms with Gasteiger partial charge in [0.2, 0.25) is 0 Å². The summed E-state index contributed by atoms with van der Waals surface area (Å²) >= 11 is 6.38. The number of halogens is 1. The van der Waals surface area contributed by atoms with Gasteiger partial charge in [-0.3, -0.25) is 9.69 Å². The maximum atomic E-state index is 11.5. The van der Waals surface area contributed by atoms with E-state index >= 15 is 0 Å². The first-order valence-electron chi connectivity index (χ1n) is 7.28. The third kappa shape index (κ3) is 2.50. The number of hydrogen-bond acceptors (Lipinski definition) is 4. The second-order valence-electron chi connectivity index (χ2n) is 5.77. The van der Waals surface area contributed by atoms with E-state index in [2.05, 4.69) is 29.1 Å². The van der Waals surface area contributed by atoms with Crippen molar-refractivity contribution < 1.29 is 9.90 Å². The monoisotopic (exact) mass is 309 g/mol. The predicted octanol–water partition coefficient (Wildman–Crippen LogP) is 1.86. The second-order valence-corrected chi connectivity index (χ2v) is 6.18. The van der Waals surface area contributed by atoms with Crippen LogP contribution in [0.2, 0.25) is 5.02 Å². The number of nitrogens with one attached hydrogen (secondary N) is 1. The van der Waals surface area contributed by atoms with Crippen molar-refractivity contribution in [3.05, 3.63) is 22.7 Å². The Kier molecular flexibility index (Phi) is 3.82. The lowest BCUT2D eigenvalue weighted by Gasteiger charge is -2.40. The molecular formula is C15H20ClN3O2. The van der Waals surface area contributed by atoms with Gasteiger partial charge in [0.25, 0.3) is 5.91 Å². The highest BCUT2D eigenvalue weighted by Crippen LogP contribution is 2.39. The number of aliphatic hydroxyl groups excluding tert-OH is 1. The van der Waals surface area contributed by atoms with Gasteiger partial charge in [0.15, 0.2) is 6.10 Å². The van der Waals surface area contributed by atoms with Crippen LogP contribution in [-0.2, 0) is 4.79 Å². The van der Waals surface area contributed by atoms with E-state index in [0.29, 0.717) is 22.3 Å². The highest BCUT2D eigenvalue weighted by Gasteiger charge is 2.31. The molecule has 1 aromatic rings. The van der Waals surface area contributed by atoms with Gasteiger partial charge in [-0.15, -0.1) is 0 Å². The Balaban J connectivity index is 1.90. The minimum atomic E-state index is -1.11. The number of amides is 1. The fourth-order valence-electron chi connectivity index (χ4n) is 3.10. The number of rotatable bonds is 2. The van der Waals surface area contributed by atoms with E-state index < -0.39 is 6.10 Å². The van der Waals surface area contributed by atoms with Crippen LogP contribution in [0.4, 0.5) is 11.4 Å². The first-order valence-corrected chi connectivity index (χ1v) is 7.66. The topological polar surface area (TPSA) is 55.8 Å². The Hall–Kier alpha value is -1.30. The molecule has 3 rings (SSSR count). The summed E-state index contributed by atoms with van der Waals surface area (Å²) in [5.74, 6) is -0.386. The maximum Gasteiger partial charge on any atom is 0.257 e. The molecule has 1 aromatic carbocycles. The first-order chi connectivity index (χ1) is 10.0. The van der Waals surface area contributed by atoms with Crippen LogP contribution in [0.25, 0.3) is 0 Å². The number of fused-ring (bicyclic) bond motifs is 1. The molecule has 0 bridgehead atoms. The largest absolute Gasteiger partial charge is 0.378 e. The molecule has 1 fully saturated rings. The summed E-state index contributed by atoms with van der Waals surface area (Å²) in [7, 11) is 2.15. The molecule has 114 valence electrons. The molecule has 1 saturated heterocycles. The van der Waals surface area contributed by atoms with Gasteiger partial charge in [-0.1, -0.05) is 18.5 Å². The number of benzene rings is 1. The molecule has 0 radical (unpaired) electrons. The smallest absolute Gasteiger partial charge is 0.257 e. The molecule has 2 aliphatic rings. The fourth-order valence-corrected chi connectivity index (χ4v) is 3.39. The minimum Gasteiger partial charge on any atom is -0.378 e. The molecule has 0 saturated carbocycles. The normalized spacial score (nSPS) is 25.9. The van der Waals surface area contributed by atoms with Crippen LogP contribution < -0.4 is 10.2 Å². The van der Waals surface area contributed by atoms with Crippen molar-refractivity contribution in [3.63, 3.8) is 0 Å². The van der Waals surface area contributed by atoms with Crippen LogP contribution >= 0.6 is 11.6 Å². The highest BCUT2D eigenvalue weighted by molar-refractivity contribution is 6.33. The zero-order valence-electron chi connectivity index (χ0n) is 12.3. The number of nitrogens with zero attached hydrogens (tertiary/aromatic N) is 2. The van der Waals surface area contributed by atoms with E-state index in [9.17, 15) is 9.90 Å². The van der Waals surface area contributed by atoms with Gasteiger partial charge in [0.05, 0.1) is 10.7 Å². The van der Waals surface area contributed by atoms with E-state index in [1.807, 2.05) is 6.07 Å². The number of aliphatic hydroxyl groups is 1. The first kappa shape index (κ1) is 14.6. The van der Waals surface area contributed by atoms with Crippen LogP contribution in [0, 0.1) is 0 Å². The Morgan fingerprint density at radius 1 is 1.43 bits per heavy atom. The standard InChI is InChI=1S/C15H20ClN3O2/c1-3-9-8-19(5-4-18(9)2)13-7-12-10(6-11(13)16)14(20)15(21)17-12/h6-7,9,14,20H,3-5,8H2,1-2H3,(H,17,21). The summed E-state index contributed by atoms with van der Waals surface area (Å²) in [6.45, 7) is 5.00. The Bertz CT molecular complexity index is 578. The van der Waals surface area contributed by atoms with E-state index in [-0.39, 0.29) is 5.91 Å². The number of piperazine rings is 1. The zero-order valence-corrected chi connectivity index (χ0v) is 13.0. The van der Waals surface area contributed by atoms with Gasteiger partial charge >= 0.3 is 0 Å². The molecule has 0 aromatic heterocycles. The number of hydrogen-bond donors (Lipinski definition) is 2. The van der Waals surface area contributed by atoms with Crippen molar-refractivity contribution in [2.45, 2.75) is 25.5 Å². The van der Waals surface area contributed by atoms with Gasteiger partial charge in [0.1, 0.15) is 0 Å². The molecule has 0 aliphatic carbocycles. The quantitative estimate of drug-likeness (QED) is 0.875. The predicted molar refractivity (Wildman–Crippen MR) is 84.0 cm³/mol. The summed E-state index contributed by atoms with van der Waals surface area (Å²) in [6.07, 6.45) is -0.0206. The Morgan fingerprint density at radius 3 is 2.90 bits per heavy atom. The minimum absolute atomic E-state index is 0.386. The van der Waals surface area contributed by atoms with Crippen molar-refractivity contribution >= 4 is 28.9 Å². The van der Waals surface area contributed by atoms with Crippen LogP contribution in [0.15, 0.2) is 12.1 Å². The molecular weight excluding hydrogens is 290 g/mol. The molecule has 2 N–H and O–H groups in total. The van der Waals surface area contributed by atoms with Crippen molar-refractivity contribution in [1.82, 2.24) is 4.90 Å². The van der Waals surface area contributed by atoms with Crippen LogP contribution in [-0.4, -0.2) is 48.6 Å². The van der Waals surface area contributed by atoms with E-state index in [1.54, 1.807) is 6.07 Å². The molecule has 1 amide bonds. The van der Waals surface area contributed by atoms with Crippen molar-refractivity contribution in [2.75, 3.05) is 36.9 Å². The highest BCUT2D eigenvalue weighted by atomic mass is 35.5. The molecule has 2 aliphatic heterocycles. The van der Waals surface area contributed by atoms with E-state index in [4.69, 9.17) is 11.6 Å². The van der Waals surface area contributed by atoms with Gasteiger partial charge in [-0.2, -0.15) is 0 Å². The van der Waals surface area contributed by atoms with Gasteiger partial charge in [-0.25, -0.2) is 0 Å². The lowest BCUT2D eigenvalue weighted by Crippen LogP contribution is -2.51. The molecule has 2 unspecified atom stereocenters. The number of carbonyl (C=O) groups is 1. The van der Waals surface area contributed by atoms with Crippen LogP contribution in [0.5, 0.6) is 0 Å².